The molecular weight excluding hydrogens is 216 g/mol. The van der Waals surface area contributed by atoms with Crippen molar-refractivity contribution in [2.75, 3.05) is 37.6 Å². The van der Waals surface area contributed by atoms with E-state index in [1.54, 1.807) is 19.1 Å². The number of piperazine rings is 1. The van der Waals surface area contributed by atoms with Gasteiger partial charge in [0.05, 0.1) is 6.54 Å². The Balaban J connectivity index is 1.90. The number of aromatic hydroxyl groups is 1. The topological polar surface area (TPSA) is 43.8 Å². The molecule has 1 aromatic rings. The summed E-state index contributed by atoms with van der Waals surface area (Å²) in [6, 6.07) is 7.26. The zero-order valence-corrected chi connectivity index (χ0v) is 10.1. The Bertz CT molecular complexity index is 381. The van der Waals surface area contributed by atoms with E-state index in [4.69, 9.17) is 0 Å². The van der Waals surface area contributed by atoms with Crippen LogP contribution >= 0.6 is 0 Å². The molecule has 0 bridgehead atoms. The summed E-state index contributed by atoms with van der Waals surface area (Å²) in [5.41, 5.74) is 1.13. The van der Waals surface area contributed by atoms with Crippen LogP contribution in [0.25, 0.3) is 0 Å². The highest BCUT2D eigenvalue weighted by Gasteiger charge is 2.17. The van der Waals surface area contributed by atoms with Gasteiger partial charge in [0.15, 0.2) is 0 Å². The maximum absolute atomic E-state index is 11.0. The van der Waals surface area contributed by atoms with E-state index in [9.17, 15) is 9.90 Å². The Hall–Kier alpha value is -1.55. The van der Waals surface area contributed by atoms with Crippen LogP contribution in [-0.4, -0.2) is 48.5 Å². The first-order valence-electron chi connectivity index (χ1n) is 5.91. The molecule has 1 heterocycles. The van der Waals surface area contributed by atoms with Gasteiger partial charge in [-0.1, -0.05) is 0 Å². The van der Waals surface area contributed by atoms with Gasteiger partial charge in [0.2, 0.25) is 0 Å². The van der Waals surface area contributed by atoms with Gasteiger partial charge in [-0.3, -0.25) is 9.69 Å². The predicted octanol–water partition coefficient (Wildman–Crippen LogP) is 1.10. The lowest BCUT2D eigenvalue weighted by Crippen LogP contribution is -2.47. The molecule has 1 saturated heterocycles. The molecule has 4 nitrogen and oxygen atoms in total. The van der Waals surface area contributed by atoms with Gasteiger partial charge in [-0.05, 0) is 31.2 Å². The fourth-order valence-corrected chi connectivity index (χ4v) is 2.14. The first-order valence-corrected chi connectivity index (χ1v) is 5.91. The van der Waals surface area contributed by atoms with Crippen LogP contribution in [0.2, 0.25) is 0 Å². The number of rotatable bonds is 3. The molecule has 0 amide bonds. The van der Waals surface area contributed by atoms with Crippen molar-refractivity contribution < 1.29 is 9.90 Å². The average molecular weight is 234 g/mol. The summed E-state index contributed by atoms with van der Waals surface area (Å²) < 4.78 is 0. The van der Waals surface area contributed by atoms with Crippen molar-refractivity contribution >= 4 is 11.5 Å². The first-order chi connectivity index (χ1) is 8.15. The van der Waals surface area contributed by atoms with E-state index in [1.165, 1.54) is 0 Å². The number of carbonyl (C=O) groups excluding carboxylic acids is 1. The number of hydrogen-bond donors (Lipinski definition) is 1. The molecule has 1 aliphatic heterocycles. The highest BCUT2D eigenvalue weighted by molar-refractivity contribution is 5.77. The van der Waals surface area contributed by atoms with Crippen molar-refractivity contribution in [2.45, 2.75) is 6.92 Å². The Morgan fingerprint density at radius 3 is 2.29 bits per heavy atom. The van der Waals surface area contributed by atoms with Gasteiger partial charge in [0.1, 0.15) is 11.5 Å². The predicted molar refractivity (Wildman–Crippen MR) is 67.4 cm³/mol. The number of benzene rings is 1. The summed E-state index contributed by atoms with van der Waals surface area (Å²) in [7, 11) is 0. The van der Waals surface area contributed by atoms with Gasteiger partial charge >= 0.3 is 0 Å². The number of carbonyl (C=O) groups is 1. The number of phenols is 1. The minimum Gasteiger partial charge on any atom is -0.508 e. The van der Waals surface area contributed by atoms with Gasteiger partial charge in [-0.25, -0.2) is 0 Å². The SMILES string of the molecule is CC(=O)CN1CCN(c2ccc(O)cc2)CC1. The van der Waals surface area contributed by atoms with E-state index in [1.807, 2.05) is 12.1 Å². The van der Waals surface area contributed by atoms with E-state index in [0.717, 1.165) is 31.9 Å². The fourth-order valence-electron chi connectivity index (χ4n) is 2.14. The molecule has 0 spiro atoms. The van der Waals surface area contributed by atoms with Crippen molar-refractivity contribution in [3.63, 3.8) is 0 Å². The van der Waals surface area contributed by atoms with E-state index in [2.05, 4.69) is 9.80 Å². The lowest BCUT2D eigenvalue weighted by Gasteiger charge is -2.35. The highest BCUT2D eigenvalue weighted by Crippen LogP contribution is 2.19. The van der Waals surface area contributed by atoms with Crippen molar-refractivity contribution in [3.8, 4) is 5.75 Å². The summed E-state index contributed by atoms with van der Waals surface area (Å²) in [6.07, 6.45) is 0. The second-order valence-corrected chi connectivity index (χ2v) is 4.48. The molecule has 0 atom stereocenters. The van der Waals surface area contributed by atoms with Crippen LogP contribution in [0.4, 0.5) is 5.69 Å². The van der Waals surface area contributed by atoms with Crippen molar-refractivity contribution in [3.05, 3.63) is 24.3 Å². The zero-order valence-electron chi connectivity index (χ0n) is 10.1. The smallest absolute Gasteiger partial charge is 0.143 e. The Morgan fingerprint density at radius 2 is 1.76 bits per heavy atom. The lowest BCUT2D eigenvalue weighted by molar-refractivity contribution is -0.118. The van der Waals surface area contributed by atoms with Crippen LogP contribution in [0, 0.1) is 0 Å². The molecular formula is C13H18N2O2. The normalized spacial score (nSPS) is 17.1. The number of nitrogens with zero attached hydrogens (tertiary/aromatic N) is 2. The van der Waals surface area contributed by atoms with Gasteiger partial charge in [0, 0.05) is 31.9 Å². The monoisotopic (exact) mass is 234 g/mol. The maximum atomic E-state index is 11.0. The van der Waals surface area contributed by atoms with Crippen LogP contribution < -0.4 is 4.90 Å². The van der Waals surface area contributed by atoms with E-state index < -0.39 is 0 Å². The van der Waals surface area contributed by atoms with Crippen molar-refractivity contribution in [1.82, 2.24) is 4.90 Å². The molecule has 1 N–H and O–H groups in total. The Morgan fingerprint density at radius 1 is 1.18 bits per heavy atom. The highest BCUT2D eigenvalue weighted by atomic mass is 16.3. The summed E-state index contributed by atoms with van der Waals surface area (Å²) in [5, 5.41) is 9.23. The quantitative estimate of drug-likeness (QED) is 0.850. The molecule has 1 fully saturated rings. The number of hydrogen-bond acceptors (Lipinski definition) is 4. The standard InChI is InChI=1S/C13H18N2O2/c1-11(16)10-14-6-8-15(9-7-14)12-2-4-13(17)5-3-12/h2-5,17H,6-10H2,1H3. The van der Waals surface area contributed by atoms with Crippen LogP contribution in [0.3, 0.4) is 0 Å². The van der Waals surface area contributed by atoms with Crippen LogP contribution in [0.5, 0.6) is 5.75 Å². The number of anilines is 1. The fraction of sp³-hybridized carbons (Fsp3) is 0.462. The van der Waals surface area contributed by atoms with Crippen LogP contribution in [-0.2, 0) is 4.79 Å². The molecule has 92 valence electrons. The second-order valence-electron chi connectivity index (χ2n) is 4.48. The number of Topliss-reactive ketones (excluding diaryl/α,β-unsaturated/α-hetero) is 1. The average Bonchev–Trinajstić information content (AvgIpc) is 2.30. The van der Waals surface area contributed by atoms with E-state index in [-0.39, 0.29) is 5.78 Å². The molecule has 2 rings (SSSR count). The molecule has 1 aliphatic rings. The van der Waals surface area contributed by atoms with E-state index in [0.29, 0.717) is 12.3 Å². The Kier molecular flexibility index (Phi) is 3.64. The minimum atomic E-state index is 0.225. The summed E-state index contributed by atoms with van der Waals surface area (Å²) in [6.45, 7) is 5.88. The van der Waals surface area contributed by atoms with Gasteiger partial charge in [-0.2, -0.15) is 0 Å². The van der Waals surface area contributed by atoms with E-state index >= 15 is 0 Å². The molecule has 0 aliphatic carbocycles. The molecule has 4 heteroatoms. The molecule has 17 heavy (non-hydrogen) atoms. The first kappa shape index (κ1) is 11.9. The minimum absolute atomic E-state index is 0.225. The van der Waals surface area contributed by atoms with Gasteiger partial charge < -0.3 is 10.0 Å². The largest absolute Gasteiger partial charge is 0.508 e. The molecule has 1 aromatic carbocycles. The van der Waals surface area contributed by atoms with Crippen LogP contribution in [0.1, 0.15) is 6.92 Å². The second kappa shape index (κ2) is 5.19. The molecule has 0 saturated carbocycles. The van der Waals surface area contributed by atoms with Crippen molar-refractivity contribution in [2.24, 2.45) is 0 Å². The number of phenolic OH excluding ortho intramolecular Hbond substituents is 1. The zero-order chi connectivity index (χ0) is 12.3. The summed E-state index contributed by atoms with van der Waals surface area (Å²) in [5.74, 6) is 0.520. The summed E-state index contributed by atoms with van der Waals surface area (Å²) in [4.78, 5) is 15.5. The van der Waals surface area contributed by atoms with Crippen LogP contribution in [0.15, 0.2) is 24.3 Å². The third kappa shape index (κ3) is 3.20. The third-order valence-corrected chi connectivity index (χ3v) is 3.03. The van der Waals surface area contributed by atoms with Gasteiger partial charge in [-0.15, -0.1) is 0 Å². The van der Waals surface area contributed by atoms with Gasteiger partial charge in [0.25, 0.3) is 0 Å². The maximum Gasteiger partial charge on any atom is 0.143 e. The lowest BCUT2D eigenvalue weighted by atomic mass is 10.2. The Labute approximate surface area is 101 Å². The molecule has 0 aromatic heterocycles. The summed E-state index contributed by atoms with van der Waals surface area (Å²) >= 11 is 0. The van der Waals surface area contributed by atoms with Crippen molar-refractivity contribution in [1.29, 1.82) is 0 Å². The number of ketones is 1. The molecule has 0 unspecified atom stereocenters. The molecule has 0 radical (unpaired) electrons. The third-order valence-electron chi connectivity index (χ3n) is 3.03.